The highest BCUT2D eigenvalue weighted by Gasteiger charge is 2.23. The van der Waals surface area contributed by atoms with Crippen LogP contribution in [0.3, 0.4) is 0 Å². The molecule has 0 saturated carbocycles. The van der Waals surface area contributed by atoms with Gasteiger partial charge in [0.25, 0.3) is 0 Å². The molecule has 1 atom stereocenters. The zero-order chi connectivity index (χ0) is 18.9. The summed E-state index contributed by atoms with van der Waals surface area (Å²) in [5.41, 5.74) is 0.975. The molecule has 154 valence electrons. The van der Waals surface area contributed by atoms with Gasteiger partial charge in [0.2, 0.25) is 0 Å². The van der Waals surface area contributed by atoms with Crippen molar-refractivity contribution >= 4 is 41.3 Å². The van der Waals surface area contributed by atoms with E-state index in [0.29, 0.717) is 12.6 Å². The molecule has 0 amide bonds. The minimum Gasteiger partial charge on any atom is -0.379 e. The molecule has 1 aliphatic heterocycles. The first kappa shape index (κ1) is 23.1. The Morgan fingerprint density at radius 1 is 1.25 bits per heavy atom. The number of thiophene rings is 1. The number of guanidine groups is 1. The predicted molar refractivity (Wildman–Crippen MR) is 124 cm³/mol. The molecule has 28 heavy (non-hydrogen) atoms. The average Bonchev–Trinajstić information content (AvgIpc) is 3.22. The van der Waals surface area contributed by atoms with Gasteiger partial charge in [0, 0.05) is 38.1 Å². The minimum absolute atomic E-state index is 0. The van der Waals surface area contributed by atoms with Crippen LogP contribution < -0.4 is 10.6 Å². The van der Waals surface area contributed by atoms with Gasteiger partial charge >= 0.3 is 0 Å². The SMILES string of the molecule is CN=C(NCCc1cccc(F)c1)NCC(c1cccs1)N1CCOCC1.I. The molecule has 1 aliphatic rings. The van der Waals surface area contributed by atoms with Crippen molar-refractivity contribution in [2.24, 2.45) is 4.99 Å². The second kappa shape index (κ2) is 12.4. The van der Waals surface area contributed by atoms with E-state index >= 15 is 0 Å². The van der Waals surface area contributed by atoms with E-state index in [2.05, 4.69) is 38.0 Å². The van der Waals surface area contributed by atoms with Crippen LogP contribution in [0.25, 0.3) is 0 Å². The predicted octanol–water partition coefficient (Wildman–Crippen LogP) is 3.29. The lowest BCUT2D eigenvalue weighted by atomic mass is 10.1. The quantitative estimate of drug-likeness (QED) is 0.336. The number of rotatable bonds is 7. The summed E-state index contributed by atoms with van der Waals surface area (Å²) in [6.07, 6.45) is 0.746. The molecule has 0 bridgehead atoms. The summed E-state index contributed by atoms with van der Waals surface area (Å²) in [7, 11) is 1.77. The van der Waals surface area contributed by atoms with Crippen molar-refractivity contribution in [3.8, 4) is 0 Å². The Morgan fingerprint density at radius 2 is 2.07 bits per heavy atom. The summed E-state index contributed by atoms with van der Waals surface area (Å²) >= 11 is 1.78. The lowest BCUT2D eigenvalue weighted by Crippen LogP contribution is -2.46. The third-order valence-electron chi connectivity index (χ3n) is 4.64. The summed E-state index contributed by atoms with van der Waals surface area (Å²) in [5.74, 6) is 0.570. The Hall–Kier alpha value is -1.23. The fourth-order valence-corrected chi connectivity index (χ4v) is 4.07. The van der Waals surface area contributed by atoms with Crippen molar-refractivity contribution in [1.82, 2.24) is 15.5 Å². The van der Waals surface area contributed by atoms with Gasteiger partial charge in [-0.15, -0.1) is 35.3 Å². The van der Waals surface area contributed by atoms with Crippen molar-refractivity contribution in [3.63, 3.8) is 0 Å². The monoisotopic (exact) mass is 518 g/mol. The van der Waals surface area contributed by atoms with Gasteiger partial charge in [0.1, 0.15) is 5.82 Å². The molecular weight excluding hydrogens is 490 g/mol. The van der Waals surface area contributed by atoms with Crippen LogP contribution >= 0.6 is 35.3 Å². The molecule has 2 N–H and O–H groups in total. The average molecular weight is 518 g/mol. The van der Waals surface area contributed by atoms with Gasteiger partial charge in [-0.05, 0) is 35.6 Å². The molecule has 0 radical (unpaired) electrons. The van der Waals surface area contributed by atoms with Crippen molar-refractivity contribution in [2.45, 2.75) is 12.5 Å². The number of morpholine rings is 1. The van der Waals surface area contributed by atoms with Crippen LogP contribution in [-0.4, -0.2) is 57.3 Å². The Balaban J connectivity index is 0.00000280. The second-order valence-corrected chi connectivity index (χ2v) is 7.42. The van der Waals surface area contributed by atoms with E-state index in [-0.39, 0.29) is 29.8 Å². The summed E-state index contributed by atoms with van der Waals surface area (Å²) in [6, 6.07) is 11.3. The van der Waals surface area contributed by atoms with Gasteiger partial charge in [-0.3, -0.25) is 9.89 Å². The fourth-order valence-electron chi connectivity index (χ4n) is 3.21. The molecule has 2 aromatic rings. The summed E-state index contributed by atoms with van der Waals surface area (Å²) in [4.78, 5) is 8.12. The van der Waals surface area contributed by atoms with Gasteiger partial charge in [-0.2, -0.15) is 0 Å². The highest BCUT2D eigenvalue weighted by atomic mass is 127. The van der Waals surface area contributed by atoms with Crippen LogP contribution in [-0.2, 0) is 11.2 Å². The van der Waals surface area contributed by atoms with Crippen LogP contribution in [0.1, 0.15) is 16.5 Å². The number of aliphatic imine (C=N–C) groups is 1. The normalized spacial score (nSPS) is 16.3. The van der Waals surface area contributed by atoms with Gasteiger partial charge in [-0.1, -0.05) is 18.2 Å². The number of halogens is 2. The first-order valence-corrected chi connectivity index (χ1v) is 10.2. The van der Waals surface area contributed by atoms with E-state index in [1.165, 1.54) is 10.9 Å². The maximum atomic E-state index is 13.3. The van der Waals surface area contributed by atoms with Crippen LogP contribution in [0.2, 0.25) is 0 Å². The Bertz CT molecular complexity index is 723. The summed E-state index contributed by atoms with van der Waals surface area (Å²) in [6.45, 7) is 4.92. The number of benzene rings is 1. The van der Waals surface area contributed by atoms with Gasteiger partial charge in [-0.25, -0.2) is 4.39 Å². The zero-order valence-electron chi connectivity index (χ0n) is 16.1. The maximum Gasteiger partial charge on any atom is 0.191 e. The molecule has 1 unspecified atom stereocenters. The van der Waals surface area contributed by atoms with E-state index in [4.69, 9.17) is 4.74 Å². The molecule has 1 aromatic heterocycles. The molecule has 0 spiro atoms. The van der Waals surface area contributed by atoms with Gasteiger partial charge in [0.05, 0.1) is 19.3 Å². The second-order valence-electron chi connectivity index (χ2n) is 6.44. The van der Waals surface area contributed by atoms with Crippen LogP contribution in [0, 0.1) is 5.82 Å². The number of nitrogens with one attached hydrogen (secondary N) is 2. The molecule has 0 aliphatic carbocycles. The Labute approximate surface area is 187 Å². The van der Waals surface area contributed by atoms with Crippen molar-refractivity contribution in [2.75, 3.05) is 46.4 Å². The largest absolute Gasteiger partial charge is 0.379 e. The molecule has 1 saturated heterocycles. The summed E-state index contributed by atoms with van der Waals surface area (Å²) < 4.78 is 18.8. The topological polar surface area (TPSA) is 48.9 Å². The van der Waals surface area contributed by atoms with Crippen LogP contribution in [0.4, 0.5) is 4.39 Å². The smallest absolute Gasteiger partial charge is 0.191 e. The maximum absolute atomic E-state index is 13.3. The standard InChI is InChI=1S/C20H27FN4OS.HI/c1-22-20(23-8-7-16-4-2-5-17(21)14-16)24-15-18(19-6-3-13-27-19)25-9-11-26-12-10-25;/h2-6,13-14,18H,7-12,15H2,1H3,(H2,22,23,24);1H. The van der Waals surface area contributed by atoms with E-state index in [9.17, 15) is 4.39 Å². The van der Waals surface area contributed by atoms with Crippen LogP contribution in [0.15, 0.2) is 46.8 Å². The number of hydrogen-bond donors (Lipinski definition) is 2. The van der Waals surface area contributed by atoms with Crippen molar-refractivity contribution in [1.29, 1.82) is 0 Å². The first-order chi connectivity index (χ1) is 13.3. The highest BCUT2D eigenvalue weighted by Crippen LogP contribution is 2.25. The molecule has 8 heteroatoms. The molecular formula is C20H28FIN4OS. The van der Waals surface area contributed by atoms with E-state index in [0.717, 1.165) is 50.8 Å². The minimum atomic E-state index is -0.195. The fraction of sp³-hybridized carbons (Fsp3) is 0.450. The molecule has 1 aromatic carbocycles. The number of hydrogen-bond acceptors (Lipinski definition) is 4. The Kier molecular flexibility index (Phi) is 10.2. The van der Waals surface area contributed by atoms with E-state index < -0.39 is 0 Å². The molecule has 2 heterocycles. The summed E-state index contributed by atoms with van der Waals surface area (Å²) in [5, 5.41) is 8.88. The number of nitrogens with zero attached hydrogens (tertiary/aromatic N) is 2. The van der Waals surface area contributed by atoms with Crippen molar-refractivity contribution < 1.29 is 9.13 Å². The third-order valence-corrected chi connectivity index (χ3v) is 5.61. The van der Waals surface area contributed by atoms with E-state index in [1.54, 1.807) is 30.5 Å². The lowest BCUT2D eigenvalue weighted by Gasteiger charge is -2.34. The third kappa shape index (κ3) is 6.98. The molecule has 1 fully saturated rings. The number of ether oxygens (including phenoxy) is 1. The van der Waals surface area contributed by atoms with E-state index in [1.807, 2.05) is 6.07 Å². The lowest BCUT2D eigenvalue weighted by molar-refractivity contribution is 0.0177. The highest BCUT2D eigenvalue weighted by molar-refractivity contribution is 14.0. The zero-order valence-corrected chi connectivity index (χ0v) is 19.2. The van der Waals surface area contributed by atoms with Gasteiger partial charge < -0.3 is 15.4 Å². The van der Waals surface area contributed by atoms with Crippen molar-refractivity contribution in [3.05, 3.63) is 58.0 Å². The van der Waals surface area contributed by atoms with Gasteiger partial charge in [0.15, 0.2) is 5.96 Å². The molecule has 3 rings (SSSR count). The Morgan fingerprint density at radius 3 is 2.75 bits per heavy atom. The first-order valence-electron chi connectivity index (χ1n) is 9.30. The molecule has 5 nitrogen and oxygen atoms in total. The van der Waals surface area contributed by atoms with Crippen LogP contribution in [0.5, 0.6) is 0 Å².